The number of carbonyl (C=O) groups excluding carboxylic acids is 1. The summed E-state index contributed by atoms with van der Waals surface area (Å²) in [5, 5.41) is 7.19. The average molecular weight is 475 g/mol. The minimum absolute atomic E-state index is 0.133. The fraction of sp³-hybridized carbons (Fsp3) is 0.100. The van der Waals surface area contributed by atoms with Gasteiger partial charge in [0.25, 0.3) is 11.5 Å². The quantitative estimate of drug-likeness (QED) is 0.353. The summed E-state index contributed by atoms with van der Waals surface area (Å²) in [6.07, 6.45) is 5.42. The van der Waals surface area contributed by atoms with E-state index in [0.717, 1.165) is 27.8 Å². The first kappa shape index (κ1) is 23.1. The van der Waals surface area contributed by atoms with E-state index in [1.165, 1.54) is 0 Å². The maximum absolute atomic E-state index is 13.0. The second-order valence-corrected chi connectivity index (χ2v) is 8.58. The van der Waals surface area contributed by atoms with Crippen molar-refractivity contribution in [2.75, 3.05) is 0 Å². The molecule has 0 saturated heterocycles. The Hall–Kier alpha value is -4.71. The molecule has 2 aromatic heterocycles. The van der Waals surface area contributed by atoms with Gasteiger partial charge in [-0.1, -0.05) is 78.9 Å². The van der Waals surface area contributed by atoms with Crippen LogP contribution in [-0.4, -0.2) is 20.3 Å². The Bertz CT molecular complexity index is 1510. The molecule has 1 N–H and O–H groups in total. The van der Waals surface area contributed by atoms with Gasteiger partial charge in [0, 0.05) is 25.1 Å². The number of rotatable bonds is 8. The summed E-state index contributed by atoms with van der Waals surface area (Å²) >= 11 is 0. The minimum atomic E-state index is -0.383. The van der Waals surface area contributed by atoms with Gasteiger partial charge in [-0.2, -0.15) is 5.10 Å². The number of aromatic nitrogens is 3. The number of nitrogens with zero attached hydrogens (tertiary/aromatic N) is 3. The molecule has 0 unspecified atom stereocenters. The van der Waals surface area contributed by atoms with E-state index in [1.807, 2.05) is 71.5 Å². The largest absolute Gasteiger partial charge is 0.348 e. The second-order valence-electron chi connectivity index (χ2n) is 8.58. The number of carbonyl (C=O) groups is 1. The van der Waals surface area contributed by atoms with Crippen molar-refractivity contribution in [1.82, 2.24) is 19.7 Å². The van der Waals surface area contributed by atoms with Crippen molar-refractivity contribution in [3.63, 3.8) is 0 Å². The van der Waals surface area contributed by atoms with Crippen molar-refractivity contribution in [1.29, 1.82) is 0 Å². The summed E-state index contributed by atoms with van der Waals surface area (Å²) in [6, 6.07) is 31.2. The van der Waals surface area contributed by atoms with E-state index < -0.39 is 0 Å². The van der Waals surface area contributed by atoms with E-state index in [9.17, 15) is 9.59 Å². The molecule has 0 saturated carbocycles. The van der Waals surface area contributed by atoms with Crippen LogP contribution >= 0.6 is 0 Å². The highest BCUT2D eigenvalue weighted by Gasteiger charge is 2.13. The summed E-state index contributed by atoms with van der Waals surface area (Å²) < 4.78 is 3.44. The summed E-state index contributed by atoms with van der Waals surface area (Å²) in [5.41, 5.74) is 5.07. The van der Waals surface area contributed by atoms with E-state index in [1.54, 1.807) is 29.1 Å². The molecule has 5 aromatic rings. The fourth-order valence-electron chi connectivity index (χ4n) is 4.21. The van der Waals surface area contributed by atoms with Crippen LogP contribution in [0.3, 0.4) is 0 Å². The molecular weight excluding hydrogens is 448 g/mol. The summed E-state index contributed by atoms with van der Waals surface area (Å²) in [6.45, 7) is 1.45. The number of amides is 1. The third kappa shape index (κ3) is 5.33. The van der Waals surface area contributed by atoms with Crippen molar-refractivity contribution in [3.8, 4) is 11.1 Å². The molecule has 2 heterocycles. The maximum atomic E-state index is 13.0. The van der Waals surface area contributed by atoms with Gasteiger partial charge < -0.3 is 9.88 Å². The molecule has 0 fully saturated rings. The first-order chi connectivity index (χ1) is 17.7. The number of nitrogens with one attached hydrogen (secondary N) is 1. The van der Waals surface area contributed by atoms with Crippen molar-refractivity contribution in [3.05, 3.63) is 148 Å². The van der Waals surface area contributed by atoms with Crippen LogP contribution in [0.4, 0.5) is 0 Å². The SMILES string of the molecule is O=C(NCc1ccccc1-c1ccc(Cn2cccn2)cc1)c1cccn(Cc2ccccc2)c1=O. The molecule has 5 rings (SSSR count). The minimum Gasteiger partial charge on any atom is -0.348 e. The van der Waals surface area contributed by atoms with Crippen molar-refractivity contribution in [2.24, 2.45) is 0 Å². The molecule has 178 valence electrons. The van der Waals surface area contributed by atoms with Gasteiger partial charge in [0.15, 0.2) is 0 Å². The van der Waals surface area contributed by atoms with Gasteiger partial charge in [0.2, 0.25) is 0 Å². The summed E-state index contributed by atoms with van der Waals surface area (Å²) in [5.74, 6) is -0.383. The van der Waals surface area contributed by atoms with E-state index in [2.05, 4.69) is 34.7 Å². The van der Waals surface area contributed by atoms with Crippen molar-refractivity contribution >= 4 is 5.91 Å². The first-order valence-electron chi connectivity index (χ1n) is 11.8. The van der Waals surface area contributed by atoms with E-state index in [0.29, 0.717) is 19.6 Å². The van der Waals surface area contributed by atoms with Gasteiger partial charge in [-0.25, -0.2) is 0 Å². The van der Waals surface area contributed by atoms with Gasteiger partial charge in [-0.3, -0.25) is 14.3 Å². The number of hydrogen-bond acceptors (Lipinski definition) is 3. The van der Waals surface area contributed by atoms with E-state index in [4.69, 9.17) is 0 Å². The monoisotopic (exact) mass is 474 g/mol. The number of pyridine rings is 1. The predicted octanol–water partition coefficient (Wildman–Crippen LogP) is 4.74. The zero-order valence-electron chi connectivity index (χ0n) is 19.7. The standard InChI is InChI=1S/C30H26N4O2/c35-29(28-12-6-18-33(30(28)36)21-23-8-2-1-3-9-23)31-20-26-10-4-5-11-27(26)25-15-13-24(14-16-25)22-34-19-7-17-32-34/h1-19H,20-22H2,(H,31,35). The molecule has 0 aliphatic heterocycles. The van der Waals surface area contributed by atoms with Crippen LogP contribution in [0, 0.1) is 0 Å². The second kappa shape index (κ2) is 10.7. The third-order valence-corrected chi connectivity index (χ3v) is 6.09. The molecule has 0 aliphatic carbocycles. The van der Waals surface area contributed by atoms with Gasteiger partial charge in [0.05, 0.1) is 13.1 Å². The fourth-order valence-corrected chi connectivity index (χ4v) is 4.21. The molecule has 6 nitrogen and oxygen atoms in total. The van der Waals surface area contributed by atoms with Crippen LogP contribution in [0.1, 0.15) is 27.0 Å². The molecule has 0 radical (unpaired) electrons. The van der Waals surface area contributed by atoms with Crippen LogP contribution < -0.4 is 10.9 Å². The number of benzene rings is 3. The Balaban J connectivity index is 1.29. The predicted molar refractivity (Wildman–Crippen MR) is 141 cm³/mol. The lowest BCUT2D eigenvalue weighted by atomic mass is 9.98. The summed E-state index contributed by atoms with van der Waals surface area (Å²) in [4.78, 5) is 25.9. The van der Waals surface area contributed by atoms with Crippen LogP contribution in [0.2, 0.25) is 0 Å². The lowest BCUT2D eigenvalue weighted by Crippen LogP contribution is -2.32. The number of hydrogen-bond donors (Lipinski definition) is 1. The molecular formula is C30H26N4O2. The van der Waals surface area contributed by atoms with Gasteiger partial charge in [-0.15, -0.1) is 0 Å². The van der Waals surface area contributed by atoms with E-state index >= 15 is 0 Å². The third-order valence-electron chi connectivity index (χ3n) is 6.09. The lowest BCUT2D eigenvalue weighted by molar-refractivity contribution is 0.0949. The highest BCUT2D eigenvalue weighted by Crippen LogP contribution is 2.24. The zero-order chi connectivity index (χ0) is 24.7. The Labute approximate surface area is 209 Å². The first-order valence-corrected chi connectivity index (χ1v) is 11.8. The molecule has 0 aliphatic rings. The van der Waals surface area contributed by atoms with E-state index in [-0.39, 0.29) is 17.0 Å². The molecule has 6 heteroatoms. The smallest absolute Gasteiger partial charge is 0.263 e. The van der Waals surface area contributed by atoms with Gasteiger partial charge in [-0.05, 0) is 46.0 Å². The Morgan fingerprint density at radius 1 is 0.750 bits per heavy atom. The maximum Gasteiger partial charge on any atom is 0.263 e. The van der Waals surface area contributed by atoms with Gasteiger partial charge in [0.1, 0.15) is 5.56 Å². The van der Waals surface area contributed by atoms with Crippen molar-refractivity contribution in [2.45, 2.75) is 19.6 Å². The van der Waals surface area contributed by atoms with Crippen molar-refractivity contribution < 1.29 is 4.79 Å². The molecule has 36 heavy (non-hydrogen) atoms. The molecule has 0 spiro atoms. The van der Waals surface area contributed by atoms with Gasteiger partial charge >= 0.3 is 0 Å². The van der Waals surface area contributed by atoms with Crippen LogP contribution in [0.15, 0.2) is 120 Å². The topological polar surface area (TPSA) is 68.9 Å². The molecule has 0 atom stereocenters. The zero-order valence-corrected chi connectivity index (χ0v) is 19.7. The Kier molecular flexibility index (Phi) is 6.85. The Morgan fingerprint density at radius 2 is 1.50 bits per heavy atom. The normalized spacial score (nSPS) is 10.8. The molecule has 0 bridgehead atoms. The van der Waals surface area contributed by atoms with Crippen LogP contribution in [0.25, 0.3) is 11.1 Å². The molecule has 1 amide bonds. The highest BCUT2D eigenvalue weighted by molar-refractivity contribution is 5.93. The Morgan fingerprint density at radius 3 is 2.28 bits per heavy atom. The highest BCUT2D eigenvalue weighted by atomic mass is 16.2. The lowest BCUT2D eigenvalue weighted by Gasteiger charge is -2.12. The molecule has 3 aromatic carbocycles. The average Bonchev–Trinajstić information content (AvgIpc) is 3.43. The van der Waals surface area contributed by atoms with Crippen LogP contribution in [-0.2, 0) is 19.6 Å². The summed E-state index contributed by atoms with van der Waals surface area (Å²) in [7, 11) is 0. The van der Waals surface area contributed by atoms with Crippen LogP contribution in [0.5, 0.6) is 0 Å².